The number of hydrogen-bond donors (Lipinski definition) is 2. The molecule has 6 unspecified atom stereocenters. The number of halogens is 4. The standard InChI is InChI=1S/C15H18F4O9S/c1-6(5-25-3-2-14(16,17)15(18,19)29(22,23)24)12(20)27-10-8-4-7-9(26-8)11(10)28-13(7)21/h7-11,13,21H,1-5H2,(H,22,23,24). The smallest absolute Gasteiger partial charge is 0.431 e. The highest BCUT2D eigenvalue weighted by Gasteiger charge is 2.65. The number of carbonyl (C=O) groups is 1. The van der Waals surface area contributed by atoms with E-state index in [0.29, 0.717) is 6.42 Å². The van der Waals surface area contributed by atoms with Crippen molar-refractivity contribution in [1.29, 1.82) is 0 Å². The van der Waals surface area contributed by atoms with E-state index in [1.807, 2.05) is 0 Å². The molecule has 0 aromatic rings. The van der Waals surface area contributed by atoms with Gasteiger partial charge in [0, 0.05) is 12.3 Å². The minimum atomic E-state index is -6.33. The number of aliphatic hydroxyl groups is 1. The van der Waals surface area contributed by atoms with Gasteiger partial charge < -0.3 is 24.1 Å². The van der Waals surface area contributed by atoms with Crippen LogP contribution in [0.3, 0.4) is 0 Å². The molecule has 0 aliphatic carbocycles. The molecule has 0 saturated carbocycles. The third-order valence-electron chi connectivity index (χ3n) is 5.05. The average molecular weight is 450 g/mol. The first kappa shape index (κ1) is 22.4. The van der Waals surface area contributed by atoms with Crippen molar-refractivity contribution in [2.45, 2.75) is 54.7 Å². The summed E-state index contributed by atoms with van der Waals surface area (Å²) in [4.78, 5) is 12.1. The molecule has 3 aliphatic rings. The van der Waals surface area contributed by atoms with Gasteiger partial charge in [0.15, 0.2) is 12.4 Å². The van der Waals surface area contributed by atoms with Gasteiger partial charge in [0.05, 0.1) is 31.0 Å². The Hall–Kier alpha value is -1.32. The van der Waals surface area contributed by atoms with Crippen LogP contribution in [0.2, 0.25) is 0 Å². The minimum Gasteiger partial charge on any atom is -0.453 e. The quantitative estimate of drug-likeness (QED) is 0.169. The summed E-state index contributed by atoms with van der Waals surface area (Å²) >= 11 is 0. The van der Waals surface area contributed by atoms with Crippen LogP contribution in [0.15, 0.2) is 12.2 Å². The van der Waals surface area contributed by atoms with Crippen LogP contribution in [0.4, 0.5) is 17.6 Å². The maximum Gasteiger partial charge on any atom is 0.431 e. The monoisotopic (exact) mass is 450 g/mol. The van der Waals surface area contributed by atoms with Crippen LogP contribution < -0.4 is 0 Å². The summed E-state index contributed by atoms with van der Waals surface area (Å²) in [5.74, 6) is -6.25. The molecule has 3 fully saturated rings. The maximum absolute atomic E-state index is 13.3. The molecule has 3 saturated heterocycles. The van der Waals surface area contributed by atoms with Gasteiger partial charge >= 0.3 is 27.3 Å². The Morgan fingerprint density at radius 3 is 2.48 bits per heavy atom. The zero-order chi connectivity index (χ0) is 21.8. The first-order valence-electron chi connectivity index (χ1n) is 8.44. The number of carbonyl (C=O) groups excluding carboxylic acids is 1. The summed E-state index contributed by atoms with van der Waals surface area (Å²) in [6.45, 7) is 1.65. The molecule has 3 aliphatic heterocycles. The van der Waals surface area contributed by atoms with E-state index in [1.165, 1.54) is 0 Å². The number of ether oxygens (including phenoxy) is 4. The Bertz CT molecular complexity index is 787. The number of hydrogen-bond acceptors (Lipinski definition) is 8. The fraction of sp³-hybridized carbons (Fsp3) is 0.800. The number of aliphatic hydroxyl groups excluding tert-OH is 1. The van der Waals surface area contributed by atoms with Crippen molar-refractivity contribution >= 4 is 16.1 Å². The van der Waals surface area contributed by atoms with Crippen molar-refractivity contribution in [2.75, 3.05) is 13.2 Å². The molecule has 6 atom stereocenters. The van der Waals surface area contributed by atoms with Crippen molar-refractivity contribution in [3.63, 3.8) is 0 Å². The summed E-state index contributed by atoms with van der Waals surface area (Å²) < 4.78 is 103. The number of esters is 1. The molecule has 166 valence electrons. The van der Waals surface area contributed by atoms with Gasteiger partial charge in [0.2, 0.25) is 0 Å². The number of alkyl halides is 4. The number of rotatable bonds is 9. The lowest BCUT2D eigenvalue weighted by Crippen LogP contribution is -2.47. The van der Waals surface area contributed by atoms with E-state index in [0.717, 1.165) is 0 Å². The van der Waals surface area contributed by atoms with Crippen LogP contribution in [0.1, 0.15) is 12.8 Å². The summed E-state index contributed by atoms with van der Waals surface area (Å²) in [7, 11) is -6.33. The van der Waals surface area contributed by atoms with Gasteiger partial charge in [0.1, 0.15) is 6.10 Å². The third-order valence-corrected chi connectivity index (χ3v) is 6.00. The highest BCUT2D eigenvalue weighted by atomic mass is 32.2. The molecular formula is C15H18F4O9S. The highest BCUT2D eigenvalue weighted by molar-refractivity contribution is 7.87. The van der Waals surface area contributed by atoms with Crippen molar-refractivity contribution in [2.24, 2.45) is 5.92 Å². The Balaban J connectivity index is 1.44. The summed E-state index contributed by atoms with van der Waals surface area (Å²) in [5.41, 5.74) is -0.312. The predicted molar refractivity (Wildman–Crippen MR) is 83.5 cm³/mol. The highest BCUT2D eigenvalue weighted by Crippen LogP contribution is 2.49. The van der Waals surface area contributed by atoms with Gasteiger partial charge in [-0.1, -0.05) is 6.58 Å². The Morgan fingerprint density at radius 2 is 1.86 bits per heavy atom. The maximum atomic E-state index is 13.3. The van der Waals surface area contributed by atoms with E-state index in [-0.39, 0.29) is 11.5 Å². The molecule has 2 N–H and O–H groups in total. The zero-order valence-corrected chi connectivity index (χ0v) is 15.5. The van der Waals surface area contributed by atoms with Crippen LogP contribution >= 0.6 is 0 Å². The minimum absolute atomic E-state index is 0.200. The Kier molecular flexibility index (Phi) is 5.73. The Labute approximate surface area is 162 Å². The van der Waals surface area contributed by atoms with E-state index in [2.05, 4.69) is 11.3 Å². The van der Waals surface area contributed by atoms with Gasteiger partial charge in [-0.25, -0.2) is 4.79 Å². The summed E-state index contributed by atoms with van der Waals surface area (Å²) in [6.07, 6.45) is -4.64. The van der Waals surface area contributed by atoms with E-state index < -0.39 is 77.6 Å². The molecule has 29 heavy (non-hydrogen) atoms. The van der Waals surface area contributed by atoms with Crippen LogP contribution in [0.5, 0.6) is 0 Å². The van der Waals surface area contributed by atoms with E-state index in [1.54, 1.807) is 0 Å². The summed E-state index contributed by atoms with van der Waals surface area (Å²) in [6, 6.07) is 0. The van der Waals surface area contributed by atoms with E-state index >= 15 is 0 Å². The average Bonchev–Trinajstić information content (AvgIpc) is 3.22. The van der Waals surface area contributed by atoms with Crippen molar-refractivity contribution in [3.05, 3.63) is 12.2 Å². The predicted octanol–water partition coefficient (Wildman–Crippen LogP) is 0.482. The van der Waals surface area contributed by atoms with Crippen LogP contribution in [-0.4, -0.2) is 79.1 Å². The van der Waals surface area contributed by atoms with Gasteiger partial charge in [-0.05, 0) is 6.42 Å². The second kappa shape index (κ2) is 7.42. The third kappa shape index (κ3) is 3.88. The fourth-order valence-electron chi connectivity index (χ4n) is 3.53. The first-order valence-corrected chi connectivity index (χ1v) is 9.88. The number of fused-ring (bicyclic) bond motifs is 1. The molecule has 0 amide bonds. The summed E-state index contributed by atoms with van der Waals surface area (Å²) in [5, 5.41) is 4.04. The van der Waals surface area contributed by atoms with Gasteiger partial charge in [-0.2, -0.15) is 26.0 Å². The van der Waals surface area contributed by atoms with Crippen molar-refractivity contribution in [1.82, 2.24) is 0 Å². The van der Waals surface area contributed by atoms with Crippen molar-refractivity contribution < 1.29 is 59.4 Å². The van der Waals surface area contributed by atoms with Crippen LogP contribution in [0.25, 0.3) is 0 Å². The van der Waals surface area contributed by atoms with Gasteiger partial charge in [-0.15, -0.1) is 0 Å². The Morgan fingerprint density at radius 1 is 1.21 bits per heavy atom. The van der Waals surface area contributed by atoms with Crippen molar-refractivity contribution in [3.8, 4) is 0 Å². The molecule has 3 rings (SSSR count). The van der Waals surface area contributed by atoms with Gasteiger partial charge in [-0.3, -0.25) is 4.55 Å². The lowest BCUT2D eigenvalue weighted by atomic mass is 9.88. The second-order valence-electron chi connectivity index (χ2n) is 7.00. The molecule has 0 radical (unpaired) electrons. The lowest BCUT2D eigenvalue weighted by Gasteiger charge is -2.24. The van der Waals surface area contributed by atoms with E-state index in [4.69, 9.17) is 18.8 Å². The molecule has 14 heteroatoms. The molecule has 3 heterocycles. The molecule has 2 bridgehead atoms. The van der Waals surface area contributed by atoms with Crippen LogP contribution in [0, 0.1) is 5.92 Å². The molecule has 0 spiro atoms. The zero-order valence-electron chi connectivity index (χ0n) is 14.7. The van der Waals surface area contributed by atoms with Gasteiger partial charge in [0.25, 0.3) is 0 Å². The molecule has 0 aromatic carbocycles. The van der Waals surface area contributed by atoms with E-state index in [9.17, 15) is 35.9 Å². The normalized spacial score (nSPS) is 33.9. The molecule has 9 nitrogen and oxygen atoms in total. The molecular weight excluding hydrogens is 432 g/mol. The fourth-order valence-corrected chi connectivity index (χ4v) is 4.01. The largest absolute Gasteiger partial charge is 0.453 e. The SMILES string of the molecule is C=C(COCCC(F)(F)C(F)(F)S(=O)(=O)O)C(=O)OC1C2CC3C(O)OC1C3O2. The lowest BCUT2D eigenvalue weighted by molar-refractivity contribution is -0.170. The second-order valence-corrected chi connectivity index (χ2v) is 8.47. The topological polar surface area (TPSA) is 129 Å². The van der Waals surface area contributed by atoms with Crippen LogP contribution in [-0.2, 0) is 33.9 Å². The first-order chi connectivity index (χ1) is 13.3. The molecule has 0 aromatic heterocycles.